The molecule has 0 spiro atoms. The maximum absolute atomic E-state index is 12.0. The molecule has 3 aromatic rings. The molecular formula is C23H25ClN2O2. The van der Waals surface area contributed by atoms with E-state index >= 15 is 0 Å². The third-order valence-electron chi connectivity index (χ3n) is 5.83. The number of hydrogen-bond acceptors (Lipinski definition) is 3. The van der Waals surface area contributed by atoms with Crippen molar-refractivity contribution in [3.05, 3.63) is 76.1 Å². The molecule has 1 aromatic carbocycles. The quantitative estimate of drug-likeness (QED) is 0.603. The fourth-order valence-corrected chi connectivity index (χ4v) is 4.52. The minimum atomic E-state index is -0.200. The molecule has 0 saturated carbocycles. The lowest BCUT2D eigenvalue weighted by atomic mass is 9.89. The number of carbonyl (C=O) groups is 1. The number of ether oxygens (including phenoxy) is 1. The number of aromatic nitrogens is 1. The molecule has 0 bridgehead atoms. The van der Waals surface area contributed by atoms with Crippen molar-refractivity contribution in [2.75, 3.05) is 14.2 Å². The van der Waals surface area contributed by atoms with Crippen LogP contribution in [0.5, 0.6) is 0 Å². The Morgan fingerprint density at radius 3 is 2.79 bits per heavy atom. The Kier molecular flexibility index (Phi) is 5.42. The topological polar surface area (TPSA) is 34.0 Å². The molecule has 5 heteroatoms. The third kappa shape index (κ3) is 3.67. The van der Waals surface area contributed by atoms with Crippen LogP contribution in [0.1, 0.15) is 28.8 Å². The van der Waals surface area contributed by atoms with E-state index in [4.69, 9.17) is 16.3 Å². The first-order valence-corrected chi connectivity index (χ1v) is 10.1. The van der Waals surface area contributed by atoms with E-state index in [0.717, 1.165) is 36.9 Å². The van der Waals surface area contributed by atoms with E-state index in [1.165, 1.54) is 23.9 Å². The molecule has 28 heavy (non-hydrogen) atoms. The van der Waals surface area contributed by atoms with Crippen molar-refractivity contribution in [3.63, 3.8) is 0 Å². The predicted molar refractivity (Wildman–Crippen MR) is 112 cm³/mol. The molecule has 4 rings (SSSR count). The van der Waals surface area contributed by atoms with E-state index in [1.807, 2.05) is 18.3 Å². The number of likely N-dealkylation sites (N-methyl/N-ethyl adjacent to an activating group) is 1. The molecule has 4 nitrogen and oxygen atoms in total. The minimum absolute atomic E-state index is 0.200. The van der Waals surface area contributed by atoms with Gasteiger partial charge in [0.2, 0.25) is 0 Å². The number of halogens is 1. The van der Waals surface area contributed by atoms with Gasteiger partial charge in [0.25, 0.3) is 0 Å². The lowest BCUT2D eigenvalue weighted by Crippen LogP contribution is -2.36. The highest BCUT2D eigenvalue weighted by atomic mass is 35.5. The van der Waals surface area contributed by atoms with Gasteiger partial charge in [-0.05, 0) is 48.7 Å². The van der Waals surface area contributed by atoms with Crippen LogP contribution in [-0.2, 0) is 35.3 Å². The zero-order valence-corrected chi connectivity index (χ0v) is 17.1. The molecule has 0 N–H and O–H groups in total. The van der Waals surface area contributed by atoms with Crippen molar-refractivity contribution in [1.29, 1.82) is 0 Å². The summed E-state index contributed by atoms with van der Waals surface area (Å²) in [6.07, 6.45) is 5.26. The molecule has 1 unspecified atom stereocenters. The van der Waals surface area contributed by atoms with E-state index in [2.05, 4.69) is 46.7 Å². The summed E-state index contributed by atoms with van der Waals surface area (Å²) in [5.74, 6) is -0.200. The van der Waals surface area contributed by atoms with E-state index in [1.54, 1.807) is 0 Å². The Morgan fingerprint density at radius 2 is 2.04 bits per heavy atom. The fourth-order valence-electron chi connectivity index (χ4n) is 4.36. The lowest BCUT2D eigenvalue weighted by Gasteiger charge is -2.32. The number of rotatable bonds is 5. The summed E-state index contributed by atoms with van der Waals surface area (Å²) < 4.78 is 7.11. The Labute approximate surface area is 170 Å². The van der Waals surface area contributed by atoms with Crippen molar-refractivity contribution < 1.29 is 9.53 Å². The molecule has 146 valence electrons. The second-order valence-electron chi connectivity index (χ2n) is 7.56. The Bertz CT molecular complexity index is 997. The first-order chi connectivity index (χ1) is 13.6. The largest absolute Gasteiger partial charge is 0.469 e. The van der Waals surface area contributed by atoms with E-state index < -0.39 is 0 Å². The first kappa shape index (κ1) is 19.0. The van der Waals surface area contributed by atoms with Crippen LogP contribution in [0.3, 0.4) is 0 Å². The van der Waals surface area contributed by atoms with Gasteiger partial charge in [-0.1, -0.05) is 41.9 Å². The SMILES string of the molecule is COC(=O)Cc1c2c(n3cc(Cl)ccc13)CC(N(C)Cc1ccccc1)CC2. The van der Waals surface area contributed by atoms with Gasteiger partial charge in [0, 0.05) is 36.4 Å². The molecule has 1 atom stereocenters. The van der Waals surface area contributed by atoms with E-state index in [0.29, 0.717) is 17.5 Å². The van der Waals surface area contributed by atoms with Gasteiger partial charge in [0.1, 0.15) is 0 Å². The summed E-state index contributed by atoms with van der Waals surface area (Å²) in [4.78, 5) is 14.4. The second kappa shape index (κ2) is 7.98. The average molecular weight is 397 g/mol. The summed E-state index contributed by atoms with van der Waals surface area (Å²) in [6.45, 7) is 0.930. The molecule has 0 radical (unpaired) electrons. The zero-order chi connectivity index (χ0) is 19.7. The fraction of sp³-hybridized carbons (Fsp3) is 0.348. The monoisotopic (exact) mass is 396 g/mol. The summed E-state index contributed by atoms with van der Waals surface area (Å²) in [5, 5.41) is 0.703. The number of benzene rings is 1. The number of esters is 1. The Hall–Kier alpha value is -2.30. The van der Waals surface area contributed by atoms with Crippen LogP contribution in [0.15, 0.2) is 48.7 Å². The summed E-state index contributed by atoms with van der Waals surface area (Å²) in [5.41, 5.74) is 6.03. The molecule has 2 aromatic heterocycles. The van der Waals surface area contributed by atoms with Gasteiger partial charge < -0.3 is 9.14 Å². The Morgan fingerprint density at radius 1 is 1.25 bits per heavy atom. The number of pyridine rings is 1. The summed E-state index contributed by atoms with van der Waals surface area (Å²) >= 11 is 6.29. The van der Waals surface area contributed by atoms with Gasteiger partial charge in [0.15, 0.2) is 0 Å². The van der Waals surface area contributed by atoms with Crippen LogP contribution < -0.4 is 0 Å². The van der Waals surface area contributed by atoms with Crippen molar-refractivity contribution in [2.45, 2.75) is 38.3 Å². The van der Waals surface area contributed by atoms with Gasteiger partial charge >= 0.3 is 5.97 Å². The normalized spacial score (nSPS) is 16.4. The van der Waals surface area contributed by atoms with Gasteiger partial charge in [-0.3, -0.25) is 9.69 Å². The highest BCUT2D eigenvalue weighted by Crippen LogP contribution is 2.33. The smallest absolute Gasteiger partial charge is 0.310 e. The van der Waals surface area contributed by atoms with Crippen molar-refractivity contribution in [1.82, 2.24) is 9.30 Å². The molecule has 0 fully saturated rings. The molecule has 1 aliphatic carbocycles. The molecule has 0 aliphatic heterocycles. The maximum atomic E-state index is 12.0. The van der Waals surface area contributed by atoms with Gasteiger partial charge in [-0.2, -0.15) is 0 Å². The predicted octanol–water partition coefficient (Wildman–Crippen LogP) is 4.30. The van der Waals surface area contributed by atoms with Crippen molar-refractivity contribution >= 4 is 23.1 Å². The van der Waals surface area contributed by atoms with E-state index in [-0.39, 0.29) is 5.97 Å². The standard InChI is InChI=1S/C23H25ClN2O2/c1-25(14-16-6-4-3-5-7-16)18-9-10-19-20(13-23(27)28-2)21-11-8-17(24)15-26(21)22(19)12-18/h3-8,11,15,18H,9-10,12-14H2,1-2H3. The van der Waals surface area contributed by atoms with E-state index in [9.17, 15) is 4.79 Å². The summed E-state index contributed by atoms with van der Waals surface area (Å²) in [6, 6.07) is 14.9. The van der Waals surface area contributed by atoms with Crippen LogP contribution in [0, 0.1) is 0 Å². The molecule has 0 saturated heterocycles. The van der Waals surface area contributed by atoms with Crippen LogP contribution in [0.4, 0.5) is 0 Å². The minimum Gasteiger partial charge on any atom is -0.469 e. The average Bonchev–Trinajstić information content (AvgIpc) is 3.01. The molecule has 0 amide bonds. The number of methoxy groups -OCH3 is 1. The summed E-state index contributed by atoms with van der Waals surface area (Å²) in [7, 11) is 3.64. The number of fused-ring (bicyclic) bond motifs is 3. The molecular weight excluding hydrogens is 372 g/mol. The number of carbonyl (C=O) groups excluding carboxylic acids is 1. The van der Waals surface area contributed by atoms with Gasteiger partial charge in [0.05, 0.1) is 18.6 Å². The van der Waals surface area contributed by atoms with Crippen molar-refractivity contribution in [3.8, 4) is 0 Å². The van der Waals surface area contributed by atoms with Crippen LogP contribution in [0.2, 0.25) is 5.02 Å². The van der Waals surface area contributed by atoms with Crippen LogP contribution >= 0.6 is 11.6 Å². The zero-order valence-electron chi connectivity index (χ0n) is 16.3. The number of hydrogen-bond donors (Lipinski definition) is 0. The lowest BCUT2D eigenvalue weighted by molar-refractivity contribution is -0.139. The van der Waals surface area contributed by atoms with Gasteiger partial charge in [-0.25, -0.2) is 0 Å². The highest BCUT2D eigenvalue weighted by molar-refractivity contribution is 6.30. The highest BCUT2D eigenvalue weighted by Gasteiger charge is 2.29. The van der Waals surface area contributed by atoms with Crippen LogP contribution in [0.25, 0.3) is 5.52 Å². The first-order valence-electron chi connectivity index (χ1n) is 9.68. The second-order valence-corrected chi connectivity index (χ2v) is 7.99. The Balaban J connectivity index is 1.65. The molecule has 2 heterocycles. The number of nitrogens with zero attached hydrogens (tertiary/aromatic N) is 2. The molecule has 1 aliphatic rings. The van der Waals surface area contributed by atoms with Crippen molar-refractivity contribution in [2.24, 2.45) is 0 Å². The maximum Gasteiger partial charge on any atom is 0.310 e. The van der Waals surface area contributed by atoms with Gasteiger partial charge in [-0.15, -0.1) is 0 Å². The van der Waals surface area contributed by atoms with Crippen LogP contribution in [-0.4, -0.2) is 35.5 Å². The third-order valence-corrected chi connectivity index (χ3v) is 6.05.